The number of carboxylic acid groups (broad SMARTS) is 1. The first-order chi connectivity index (χ1) is 6.70. The minimum Gasteiger partial charge on any atom is -0.541 e. The fourth-order valence-corrected chi connectivity index (χ4v) is 1.23. The van der Waals surface area contributed by atoms with E-state index in [9.17, 15) is 14.7 Å². The van der Waals surface area contributed by atoms with Crippen LogP contribution >= 0.6 is 0 Å². The molecule has 0 spiro atoms. The third-order valence-electron chi connectivity index (χ3n) is 1.87. The molecule has 0 aliphatic heterocycles. The zero-order chi connectivity index (χ0) is 10.1. The molecule has 1 heterocycles. The Morgan fingerprint density at radius 1 is 1.27 bits per heavy atom. The number of carbonyl (C=O) groups is 2. The van der Waals surface area contributed by atoms with Crippen LogP contribution in [-0.2, 0) is 4.79 Å². The van der Waals surface area contributed by atoms with E-state index in [1.54, 1.807) is 24.3 Å². The minimum absolute atomic E-state index is 0. The van der Waals surface area contributed by atoms with Crippen LogP contribution in [0.3, 0.4) is 0 Å². The maximum atomic E-state index is 11.1. The zero-order valence-electron chi connectivity index (χ0n) is 7.98. The SMILES string of the molecule is O=C([O-])C(=O)c1n[nH]c2ccccc12.[K+]. The van der Waals surface area contributed by atoms with Gasteiger partial charge in [0.25, 0.3) is 0 Å². The summed E-state index contributed by atoms with van der Waals surface area (Å²) in [5.41, 5.74) is 0.512. The molecule has 0 bridgehead atoms. The van der Waals surface area contributed by atoms with Crippen LogP contribution < -0.4 is 56.5 Å². The molecular formula is C9H5KN2O3. The number of aromatic amines is 1. The molecule has 0 fully saturated rings. The van der Waals surface area contributed by atoms with Crippen LogP contribution in [0.25, 0.3) is 10.9 Å². The van der Waals surface area contributed by atoms with Gasteiger partial charge in [0.15, 0.2) is 0 Å². The van der Waals surface area contributed by atoms with Gasteiger partial charge in [-0.05, 0) is 6.07 Å². The molecule has 0 saturated heterocycles. The molecule has 15 heavy (non-hydrogen) atoms. The number of carbonyl (C=O) groups excluding carboxylic acids is 2. The largest absolute Gasteiger partial charge is 1.00 e. The summed E-state index contributed by atoms with van der Waals surface area (Å²) in [4.78, 5) is 21.4. The van der Waals surface area contributed by atoms with E-state index < -0.39 is 11.8 Å². The average Bonchev–Trinajstić information content (AvgIpc) is 2.60. The molecule has 0 aliphatic rings. The molecule has 0 radical (unpaired) electrons. The van der Waals surface area contributed by atoms with E-state index in [4.69, 9.17) is 0 Å². The number of ketones is 1. The molecule has 0 saturated carbocycles. The number of benzene rings is 1. The van der Waals surface area contributed by atoms with Crippen molar-refractivity contribution in [3.05, 3.63) is 30.0 Å². The number of nitrogens with zero attached hydrogens (tertiary/aromatic N) is 1. The summed E-state index contributed by atoms with van der Waals surface area (Å²) in [5.74, 6) is -2.86. The Bertz CT molecular complexity index is 521. The van der Waals surface area contributed by atoms with Gasteiger partial charge >= 0.3 is 51.4 Å². The van der Waals surface area contributed by atoms with Crippen LogP contribution in [-0.4, -0.2) is 21.9 Å². The summed E-state index contributed by atoms with van der Waals surface area (Å²) < 4.78 is 0. The second-order valence-electron chi connectivity index (χ2n) is 2.73. The van der Waals surface area contributed by atoms with Crippen LogP contribution in [0.1, 0.15) is 10.5 Å². The van der Waals surface area contributed by atoms with Crippen molar-refractivity contribution in [1.29, 1.82) is 0 Å². The van der Waals surface area contributed by atoms with Gasteiger partial charge in [-0.25, -0.2) is 0 Å². The van der Waals surface area contributed by atoms with Gasteiger partial charge in [0.05, 0.1) is 5.52 Å². The molecule has 1 aromatic heterocycles. The molecule has 1 aromatic carbocycles. The zero-order valence-corrected chi connectivity index (χ0v) is 11.1. The molecule has 2 rings (SSSR count). The Balaban J connectivity index is 0.00000112. The molecule has 1 N–H and O–H groups in total. The first-order valence-electron chi connectivity index (χ1n) is 3.89. The molecule has 0 unspecified atom stereocenters. The fourth-order valence-electron chi connectivity index (χ4n) is 1.23. The number of hydrogen-bond donors (Lipinski definition) is 1. The molecule has 0 aliphatic carbocycles. The topological polar surface area (TPSA) is 85.9 Å². The van der Waals surface area contributed by atoms with Gasteiger partial charge in [0.2, 0.25) is 5.78 Å². The third kappa shape index (κ3) is 2.35. The number of nitrogens with one attached hydrogen (secondary N) is 1. The minimum atomic E-state index is -1.75. The normalized spacial score (nSPS) is 9.60. The molecule has 6 heteroatoms. The Morgan fingerprint density at radius 3 is 2.60 bits per heavy atom. The smallest absolute Gasteiger partial charge is 0.541 e. The third-order valence-corrected chi connectivity index (χ3v) is 1.87. The molecular weight excluding hydrogens is 223 g/mol. The predicted molar refractivity (Wildman–Crippen MR) is 45.4 cm³/mol. The average molecular weight is 228 g/mol. The number of rotatable bonds is 2. The van der Waals surface area contributed by atoms with Crippen molar-refractivity contribution in [3.63, 3.8) is 0 Å². The number of fused-ring (bicyclic) bond motifs is 1. The standard InChI is InChI=1S/C9H6N2O3.K/c12-8(9(13)14)7-5-3-1-2-4-6(5)10-11-7;/h1-4H,(H,10,11)(H,13,14);/q;+1/p-1. The van der Waals surface area contributed by atoms with Crippen molar-refractivity contribution in [1.82, 2.24) is 10.2 Å². The molecule has 0 amide bonds. The summed E-state index contributed by atoms with van der Waals surface area (Å²) in [5, 5.41) is 17.0. The van der Waals surface area contributed by atoms with Crippen molar-refractivity contribution in [2.75, 3.05) is 0 Å². The van der Waals surface area contributed by atoms with Crippen LogP contribution in [0.2, 0.25) is 0 Å². The first-order valence-corrected chi connectivity index (χ1v) is 3.89. The quantitative estimate of drug-likeness (QED) is 0.328. The number of hydrogen-bond acceptors (Lipinski definition) is 4. The fraction of sp³-hybridized carbons (Fsp3) is 0. The molecule has 0 atom stereocenters. The summed E-state index contributed by atoms with van der Waals surface area (Å²) in [6.45, 7) is 0. The van der Waals surface area contributed by atoms with E-state index in [0.29, 0.717) is 10.9 Å². The number of para-hydroxylation sites is 1. The summed E-state index contributed by atoms with van der Waals surface area (Å²) in [7, 11) is 0. The molecule has 2 aromatic rings. The van der Waals surface area contributed by atoms with E-state index in [-0.39, 0.29) is 57.1 Å². The van der Waals surface area contributed by atoms with Crippen molar-refractivity contribution in [3.8, 4) is 0 Å². The Morgan fingerprint density at radius 2 is 1.93 bits per heavy atom. The van der Waals surface area contributed by atoms with Crippen LogP contribution in [0, 0.1) is 0 Å². The van der Waals surface area contributed by atoms with Gasteiger partial charge in [-0.15, -0.1) is 0 Å². The van der Waals surface area contributed by atoms with Gasteiger partial charge in [-0.1, -0.05) is 18.2 Å². The maximum absolute atomic E-state index is 11.1. The van der Waals surface area contributed by atoms with Gasteiger partial charge in [-0.3, -0.25) is 9.89 Å². The van der Waals surface area contributed by atoms with Gasteiger partial charge in [0, 0.05) is 5.39 Å². The Labute approximate surface area is 127 Å². The van der Waals surface area contributed by atoms with Crippen LogP contribution in [0.4, 0.5) is 0 Å². The van der Waals surface area contributed by atoms with Crippen molar-refractivity contribution < 1.29 is 66.1 Å². The van der Waals surface area contributed by atoms with Crippen molar-refractivity contribution >= 4 is 22.7 Å². The monoisotopic (exact) mass is 228 g/mol. The Hall–Kier alpha value is -0.534. The van der Waals surface area contributed by atoms with Crippen LogP contribution in [0.15, 0.2) is 24.3 Å². The van der Waals surface area contributed by atoms with E-state index >= 15 is 0 Å². The predicted octanol–water partition coefficient (Wildman–Crippen LogP) is -3.50. The van der Waals surface area contributed by atoms with Crippen molar-refractivity contribution in [2.24, 2.45) is 0 Å². The number of aliphatic carboxylic acids is 1. The van der Waals surface area contributed by atoms with Gasteiger partial charge in [0.1, 0.15) is 11.7 Å². The number of Topliss-reactive ketones (excluding diaryl/α,β-unsaturated/α-hetero) is 1. The van der Waals surface area contributed by atoms with Crippen molar-refractivity contribution in [2.45, 2.75) is 0 Å². The summed E-state index contributed by atoms with van der Waals surface area (Å²) in [6.07, 6.45) is 0. The molecule has 5 nitrogen and oxygen atoms in total. The Kier molecular flexibility index (Phi) is 4.18. The van der Waals surface area contributed by atoms with E-state index in [1.165, 1.54) is 0 Å². The summed E-state index contributed by atoms with van der Waals surface area (Å²) >= 11 is 0. The summed E-state index contributed by atoms with van der Waals surface area (Å²) in [6, 6.07) is 6.78. The van der Waals surface area contributed by atoms with Gasteiger partial charge < -0.3 is 9.90 Å². The maximum Gasteiger partial charge on any atom is 1.00 e. The first kappa shape index (κ1) is 12.5. The second-order valence-corrected chi connectivity index (χ2v) is 2.73. The number of H-pyrrole nitrogens is 1. The van der Waals surface area contributed by atoms with E-state index in [0.717, 1.165) is 0 Å². The second kappa shape index (κ2) is 5.00. The van der Waals surface area contributed by atoms with E-state index in [1.807, 2.05) is 0 Å². The van der Waals surface area contributed by atoms with Gasteiger partial charge in [-0.2, -0.15) is 5.10 Å². The molecule has 70 valence electrons. The number of aromatic nitrogens is 2. The van der Waals surface area contributed by atoms with Crippen LogP contribution in [0.5, 0.6) is 0 Å². The number of carboxylic acids is 1. The van der Waals surface area contributed by atoms with E-state index in [2.05, 4.69) is 10.2 Å².